The van der Waals surface area contributed by atoms with Crippen LogP contribution in [-0.4, -0.2) is 18.9 Å². The van der Waals surface area contributed by atoms with E-state index in [9.17, 15) is 9.59 Å². The van der Waals surface area contributed by atoms with Gasteiger partial charge in [0.05, 0.1) is 7.11 Å². The maximum absolute atomic E-state index is 11.5. The standard InChI is InChI=1S/C12H13BrO3/c1-7-4-5-9(10(13)6-7)11(8(2)14)12(15)16-3/h4-6,11H,1-3H3. The lowest BCUT2D eigenvalue weighted by atomic mass is 9.95. The zero-order chi connectivity index (χ0) is 12.3. The fraction of sp³-hybridized carbons (Fsp3) is 0.333. The largest absolute Gasteiger partial charge is 0.468 e. The van der Waals surface area contributed by atoms with E-state index >= 15 is 0 Å². The molecular formula is C12H13BrO3. The zero-order valence-corrected chi connectivity index (χ0v) is 11.0. The molecule has 1 atom stereocenters. The van der Waals surface area contributed by atoms with Crippen LogP contribution in [0, 0.1) is 6.92 Å². The normalized spacial score (nSPS) is 12.0. The Morgan fingerprint density at radius 3 is 2.44 bits per heavy atom. The Bertz CT molecular complexity index is 426. The molecule has 16 heavy (non-hydrogen) atoms. The molecule has 0 saturated carbocycles. The number of hydrogen-bond acceptors (Lipinski definition) is 3. The average molecular weight is 285 g/mol. The summed E-state index contributed by atoms with van der Waals surface area (Å²) >= 11 is 3.35. The molecule has 0 aliphatic rings. The first-order valence-corrected chi connectivity index (χ1v) is 5.61. The second-order valence-electron chi connectivity index (χ2n) is 3.59. The highest BCUT2D eigenvalue weighted by atomic mass is 79.9. The number of esters is 1. The number of carbonyl (C=O) groups is 2. The topological polar surface area (TPSA) is 43.4 Å². The summed E-state index contributed by atoms with van der Waals surface area (Å²) in [5.41, 5.74) is 1.70. The Hall–Kier alpha value is -1.16. The van der Waals surface area contributed by atoms with E-state index in [1.807, 2.05) is 19.1 Å². The molecular weight excluding hydrogens is 272 g/mol. The molecule has 1 aromatic carbocycles. The molecule has 0 amide bonds. The van der Waals surface area contributed by atoms with Gasteiger partial charge in [0.15, 0.2) is 0 Å². The van der Waals surface area contributed by atoms with Crippen LogP contribution in [0.1, 0.15) is 24.0 Å². The first-order valence-electron chi connectivity index (χ1n) is 4.81. The zero-order valence-electron chi connectivity index (χ0n) is 9.41. The van der Waals surface area contributed by atoms with Gasteiger partial charge in [-0.2, -0.15) is 0 Å². The van der Waals surface area contributed by atoms with E-state index in [4.69, 9.17) is 0 Å². The summed E-state index contributed by atoms with van der Waals surface area (Å²) in [6, 6.07) is 5.50. The van der Waals surface area contributed by atoms with E-state index in [1.54, 1.807) is 6.07 Å². The molecule has 0 heterocycles. The maximum Gasteiger partial charge on any atom is 0.320 e. The van der Waals surface area contributed by atoms with Gasteiger partial charge in [-0.1, -0.05) is 28.1 Å². The van der Waals surface area contributed by atoms with Gasteiger partial charge in [0.1, 0.15) is 11.7 Å². The van der Waals surface area contributed by atoms with Gasteiger partial charge in [-0.15, -0.1) is 0 Å². The molecule has 0 spiro atoms. The fourth-order valence-corrected chi connectivity index (χ4v) is 2.22. The molecule has 0 bridgehead atoms. The van der Waals surface area contributed by atoms with Crippen molar-refractivity contribution in [2.45, 2.75) is 19.8 Å². The van der Waals surface area contributed by atoms with Gasteiger partial charge in [0.25, 0.3) is 0 Å². The predicted octanol–water partition coefficient (Wildman–Crippen LogP) is 2.60. The summed E-state index contributed by atoms with van der Waals surface area (Å²) in [6.45, 7) is 3.32. The molecule has 0 saturated heterocycles. The van der Waals surface area contributed by atoms with Gasteiger partial charge in [-0.05, 0) is 31.0 Å². The minimum Gasteiger partial charge on any atom is -0.468 e. The van der Waals surface area contributed by atoms with Crippen molar-refractivity contribution >= 4 is 27.7 Å². The van der Waals surface area contributed by atoms with Crippen molar-refractivity contribution < 1.29 is 14.3 Å². The summed E-state index contributed by atoms with van der Waals surface area (Å²) in [4.78, 5) is 23.0. The Kier molecular flexibility index (Phi) is 4.24. The van der Waals surface area contributed by atoms with Gasteiger partial charge in [-0.3, -0.25) is 9.59 Å². The van der Waals surface area contributed by atoms with Crippen LogP contribution in [0.4, 0.5) is 0 Å². The first-order chi connectivity index (χ1) is 7.47. The van der Waals surface area contributed by atoms with Crippen LogP contribution in [0.5, 0.6) is 0 Å². The Balaban J connectivity index is 3.21. The Morgan fingerprint density at radius 1 is 1.38 bits per heavy atom. The third kappa shape index (κ3) is 2.70. The van der Waals surface area contributed by atoms with E-state index in [-0.39, 0.29) is 5.78 Å². The molecule has 0 aliphatic heterocycles. The van der Waals surface area contributed by atoms with Crippen molar-refractivity contribution in [2.75, 3.05) is 7.11 Å². The third-order valence-electron chi connectivity index (χ3n) is 2.31. The van der Waals surface area contributed by atoms with Crippen LogP contribution in [-0.2, 0) is 14.3 Å². The molecule has 0 radical (unpaired) electrons. The second-order valence-corrected chi connectivity index (χ2v) is 4.45. The van der Waals surface area contributed by atoms with Crippen molar-refractivity contribution in [3.05, 3.63) is 33.8 Å². The molecule has 0 N–H and O–H groups in total. The molecule has 0 aliphatic carbocycles. The predicted molar refractivity (Wildman–Crippen MR) is 64.3 cm³/mol. The van der Waals surface area contributed by atoms with Crippen LogP contribution >= 0.6 is 15.9 Å². The monoisotopic (exact) mass is 284 g/mol. The van der Waals surface area contributed by atoms with Crippen LogP contribution in [0.25, 0.3) is 0 Å². The fourth-order valence-electron chi connectivity index (χ4n) is 1.50. The van der Waals surface area contributed by atoms with Crippen LogP contribution in [0.15, 0.2) is 22.7 Å². The first kappa shape index (κ1) is 12.9. The molecule has 86 valence electrons. The number of aryl methyl sites for hydroxylation is 1. The van der Waals surface area contributed by atoms with Gasteiger partial charge >= 0.3 is 5.97 Å². The second kappa shape index (κ2) is 5.25. The maximum atomic E-state index is 11.5. The summed E-state index contributed by atoms with van der Waals surface area (Å²) in [6.07, 6.45) is 0. The number of methoxy groups -OCH3 is 1. The number of hydrogen-bond donors (Lipinski definition) is 0. The van der Waals surface area contributed by atoms with E-state index < -0.39 is 11.9 Å². The smallest absolute Gasteiger partial charge is 0.320 e. The summed E-state index contributed by atoms with van der Waals surface area (Å²) in [7, 11) is 1.28. The van der Waals surface area contributed by atoms with Crippen LogP contribution < -0.4 is 0 Å². The quantitative estimate of drug-likeness (QED) is 0.633. The van der Waals surface area contributed by atoms with Gasteiger partial charge in [-0.25, -0.2) is 0 Å². The molecule has 1 rings (SSSR count). The van der Waals surface area contributed by atoms with E-state index in [0.717, 1.165) is 10.0 Å². The highest BCUT2D eigenvalue weighted by Crippen LogP contribution is 2.27. The van der Waals surface area contributed by atoms with Gasteiger partial charge in [0, 0.05) is 4.47 Å². The molecule has 0 aromatic heterocycles. The summed E-state index contributed by atoms with van der Waals surface area (Å²) in [5.74, 6) is -1.60. The lowest BCUT2D eigenvalue weighted by Gasteiger charge is -2.13. The number of rotatable bonds is 3. The number of ketones is 1. The lowest BCUT2D eigenvalue weighted by molar-refractivity contribution is -0.145. The highest BCUT2D eigenvalue weighted by Gasteiger charge is 2.27. The minimum absolute atomic E-state index is 0.226. The molecule has 1 aromatic rings. The van der Waals surface area contributed by atoms with Crippen molar-refractivity contribution in [1.29, 1.82) is 0 Å². The summed E-state index contributed by atoms with van der Waals surface area (Å²) < 4.78 is 5.38. The third-order valence-corrected chi connectivity index (χ3v) is 3.00. The van der Waals surface area contributed by atoms with Crippen molar-refractivity contribution in [1.82, 2.24) is 0 Å². The minimum atomic E-state index is -0.847. The Labute approximate surface area is 103 Å². The average Bonchev–Trinajstić information content (AvgIpc) is 2.21. The lowest BCUT2D eigenvalue weighted by Crippen LogP contribution is -2.21. The summed E-state index contributed by atoms with van der Waals surface area (Å²) in [5, 5.41) is 0. The van der Waals surface area contributed by atoms with Crippen molar-refractivity contribution in [3.63, 3.8) is 0 Å². The molecule has 0 fully saturated rings. The molecule has 4 heteroatoms. The van der Waals surface area contributed by atoms with Gasteiger partial charge in [0.2, 0.25) is 0 Å². The van der Waals surface area contributed by atoms with Crippen molar-refractivity contribution in [3.8, 4) is 0 Å². The van der Waals surface area contributed by atoms with E-state index in [1.165, 1.54) is 14.0 Å². The SMILES string of the molecule is COC(=O)C(C(C)=O)c1ccc(C)cc1Br. The number of carbonyl (C=O) groups excluding carboxylic acids is 2. The van der Waals surface area contributed by atoms with E-state index in [0.29, 0.717) is 5.56 Å². The van der Waals surface area contributed by atoms with Gasteiger partial charge < -0.3 is 4.74 Å². The number of ether oxygens (including phenoxy) is 1. The van der Waals surface area contributed by atoms with Crippen molar-refractivity contribution in [2.24, 2.45) is 0 Å². The van der Waals surface area contributed by atoms with E-state index in [2.05, 4.69) is 20.7 Å². The van der Waals surface area contributed by atoms with Crippen LogP contribution in [0.2, 0.25) is 0 Å². The molecule has 3 nitrogen and oxygen atoms in total. The van der Waals surface area contributed by atoms with Crippen LogP contribution in [0.3, 0.4) is 0 Å². The Morgan fingerprint density at radius 2 is 2.00 bits per heavy atom. The molecule has 1 unspecified atom stereocenters. The highest BCUT2D eigenvalue weighted by molar-refractivity contribution is 9.10. The number of Topliss-reactive ketones (excluding diaryl/α,β-unsaturated/α-hetero) is 1. The number of halogens is 1. The number of benzene rings is 1.